The van der Waals surface area contributed by atoms with Crippen molar-refractivity contribution in [3.05, 3.63) is 59.2 Å². The minimum Gasteiger partial charge on any atom is -0.399 e. The van der Waals surface area contributed by atoms with Gasteiger partial charge in [-0.15, -0.1) is 0 Å². The third kappa shape index (κ3) is 2.76. The molecule has 21 heavy (non-hydrogen) atoms. The molecule has 0 bridgehead atoms. The number of benzene rings is 2. The van der Waals surface area contributed by atoms with Crippen molar-refractivity contribution in [1.82, 2.24) is 10.2 Å². The van der Waals surface area contributed by atoms with Crippen molar-refractivity contribution >= 4 is 33.9 Å². The van der Waals surface area contributed by atoms with Gasteiger partial charge in [-0.3, -0.25) is 0 Å². The summed E-state index contributed by atoms with van der Waals surface area (Å²) in [6.45, 7) is 0.652. The molecule has 0 unspecified atom stereocenters. The van der Waals surface area contributed by atoms with Crippen molar-refractivity contribution in [2.75, 3.05) is 17.7 Å². The van der Waals surface area contributed by atoms with Gasteiger partial charge in [-0.2, -0.15) is 10.2 Å². The summed E-state index contributed by atoms with van der Waals surface area (Å²) in [7, 11) is 2.00. The highest BCUT2D eigenvalue weighted by atomic mass is 35.5. The van der Waals surface area contributed by atoms with Crippen LogP contribution in [0.3, 0.4) is 0 Å². The highest BCUT2D eigenvalue weighted by Crippen LogP contribution is 2.26. The molecular weight excluding hydrogens is 284 g/mol. The highest BCUT2D eigenvalue weighted by molar-refractivity contribution is 6.31. The lowest BCUT2D eigenvalue weighted by atomic mass is 10.1. The maximum atomic E-state index is 6.24. The number of aromatic nitrogens is 2. The van der Waals surface area contributed by atoms with Crippen molar-refractivity contribution < 1.29 is 0 Å². The van der Waals surface area contributed by atoms with Gasteiger partial charge in [0.1, 0.15) is 0 Å². The number of nitrogens with zero attached hydrogens (tertiary/aromatic N) is 3. The number of fused-ring (bicyclic) bond motifs is 1. The molecule has 1 heterocycles. The molecule has 0 aliphatic carbocycles. The maximum Gasteiger partial charge on any atom is 0.0950 e. The summed E-state index contributed by atoms with van der Waals surface area (Å²) in [5, 5.41) is 9.98. The zero-order chi connectivity index (χ0) is 14.8. The predicted molar refractivity (Wildman–Crippen MR) is 87.5 cm³/mol. The van der Waals surface area contributed by atoms with Crippen molar-refractivity contribution in [3.63, 3.8) is 0 Å². The third-order valence-electron chi connectivity index (χ3n) is 3.41. The molecule has 0 radical (unpaired) electrons. The topological polar surface area (TPSA) is 55.0 Å². The number of halogens is 1. The smallest absolute Gasteiger partial charge is 0.0950 e. The first kappa shape index (κ1) is 13.6. The number of hydrogen-bond acceptors (Lipinski definition) is 4. The molecule has 0 aliphatic rings. The van der Waals surface area contributed by atoms with E-state index in [2.05, 4.69) is 15.1 Å². The molecule has 0 aliphatic heterocycles. The van der Waals surface area contributed by atoms with E-state index in [1.165, 1.54) is 0 Å². The number of nitrogens with two attached hydrogens (primary N) is 1. The second-order valence-corrected chi connectivity index (χ2v) is 5.36. The van der Waals surface area contributed by atoms with Gasteiger partial charge in [0, 0.05) is 29.7 Å². The molecule has 2 N–H and O–H groups in total. The predicted octanol–water partition coefficient (Wildman–Crippen LogP) is 3.50. The van der Waals surface area contributed by atoms with Crippen molar-refractivity contribution in [2.45, 2.75) is 6.54 Å². The first-order valence-corrected chi connectivity index (χ1v) is 6.98. The van der Waals surface area contributed by atoms with Gasteiger partial charge < -0.3 is 10.6 Å². The van der Waals surface area contributed by atoms with Crippen molar-refractivity contribution in [1.29, 1.82) is 0 Å². The molecule has 0 amide bonds. The normalized spacial score (nSPS) is 10.8. The zero-order valence-electron chi connectivity index (χ0n) is 11.6. The Balaban J connectivity index is 1.97. The SMILES string of the molecule is CN(Cc1cc(N)ccc1Cl)c1cnnc2ccccc12. The summed E-state index contributed by atoms with van der Waals surface area (Å²) in [5.41, 5.74) is 9.42. The summed E-state index contributed by atoms with van der Waals surface area (Å²) in [5.74, 6) is 0. The fourth-order valence-electron chi connectivity index (χ4n) is 2.35. The summed E-state index contributed by atoms with van der Waals surface area (Å²) in [4.78, 5) is 2.09. The van der Waals surface area contributed by atoms with Gasteiger partial charge in [0.25, 0.3) is 0 Å². The lowest BCUT2D eigenvalue weighted by Crippen LogP contribution is -2.17. The molecule has 2 aromatic carbocycles. The summed E-state index contributed by atoms with van der Waals surface area (Å²) in [6, 6.07) is 13.5. The van der Waals surface area contributed by atoms with Crippen LogP contribution in [0.4, 0.5) is 11.4 Å². The Morgan fingerprint density at radius 1 is 1.19 bits per heavy atom. The Hall–Kier alpha value is -2.33. The monoisotopic (exact) mass is 298 g/mol. The number of hydrogen-bond donors (Lipinski definition) is 1. The Bertz CT molecular complexity index is 783. The molecule has 5 heteroatoms. The second kappa shape index (κ2) is 5.58. The Morgan fingerprint density at radius 2 is 2.00 bits per heavy atom. The third-order valence-corrected chi connectivity index (χ3v) is 3.78. The molecule has 4 nitrogen and oxygen atoms in total. The largest absolute Gasteiger partial charge is 0.399 e. The van der Waals surface area contributed by atoms with Crippen molar-refractivity contribution in [2.24, 2.45) is 0 Å². The molecule has 1 aromatic heterocycles. The van der Waals surface area contributed by atoms with Crippen LogP contribution in [0, 0.1) is 0 Å². The molecule has 3 aromatic rings. The summed E-state index contributed by atoms with van der Waals surface area (Å²) < 4.78 is 0. The minimum atomic E-state index is 0.652. The van der Waals surface area contributed by atoms with Gasteiger partial charge in [0.15, 0.2) is 0 Å². The van der Waals surface area contributed by atoms with Crippen LogP contribution in [-0.4, -0.2) is 17.2 Å². The molecule has 106 valence electrons. The van der Waals surface area contributed by atoms with E-state index >= 15 is 0 Å². The van der Waals surface area contributed by atoms with Crippen LogP contribution < -0.4 is 10.6 Å². The number of anilines is 2. The Labute approximate surface area is 128 Å². The molecule has 0 saturated heterocycles. The standard InChI is InChI=1S/C16H15ClN4/c1-21(10-11-8-12(18)6-7-14(11)17)16-9-19-20-15-5-3-2-4-13(15)16/h2-9H,10,18H2,1H3. The quantitative estimate of drug-likeness (QED) is 0.752. The van der Waals surface area contributed by atoms with Crippen molar-refractivity contribution in [3.8, 4) is 0 Å². The lowest BCUT2D eigenvalue weighted by molar-refractivity contribution is 0.915. The average Bonchev–Trinajstić information content (AvgIpc) is 2.50. The van der Waals surface area contributed by atoms with Crippen LogP contribution in [0.15, 0.2) is 48.7 Å². The molecule has 0 atom stereocenters. The van der Waals surface area contributed by atoms with Gasteiger partial charge in [0.2, 0.25) is 0 Å². The van der Waals surface area contributed by atoms with E-state index in [1.54, 1.807) is 12.3 Å². The van der Waals surface area contributed by atoms with Crippen LogP contribution in [0.25, 0.3) is 10.9 Å². The zero-order valence-corrected chi connectivity index (χ0v) is 12.4. The fourth-order valence-corrected chi connectivity index (χ4v) is 2.53. The second-order valence-electron chi connectivity index (χ2n) is 4.95. The van der Waals surface area contributed by atoms with E-state index in [0.29, 0.717) is 17.3 Å². The Kier molecular flexibility index (Phi) is 3.62. The first-order chi connectivity index (χ1) is 10.1. The lowest BCUT2D eigenvalue weighted by Gasteiger charge is -2.21. The van der Waals surface area contributed by atoms with E-state index < -0.39 is 0 Å². The van der Waals surface area contributed by atoms with E-state index in [9.17, 15) is 0 Å². The summed E-state index contributed by atoms with van der Waals surface area (Å²) >= 11 is 6.24. The maximum absolute atomic E-state index is 6.24. The number of rotatable bonds is 3. The molecule has 3 rings (SSSR count). The van der Waals surface area contributed by atoms with E-state index in [1.807, 2.05) is 43.4 Å². The van der Waals surface area contributed by atoms with Gasteiger partial charge in [-0.05, 0) is 29.8 Å². The average molecular weight is 299 g/mol. The van der Waals surface area contributed by atoms with E-state index in [-0.39, 0.29) is 0 Å². The van der Waals surface area contributed by atoms with E-state index in [4.69, 9.17) is 17.3 Å². The number of nitrogen functional groups attached to an aromatic ring is 1. The highest BCUT2D eigenvalue weighted by Gasteiger charge is 2.10. The molecular formula is C16H15ClN4. The van der Waals surface area contributed by atoms with Crippen LogP contribution in [0.1, 0.15) is 5.56 Å². The minimum absolute atomic E-state index is 0.652. The van der Waals surface area contributed by atoms with E-state index in [0.717, 1.165) is 22.2 Å². The van der Waals surface area contributed by atoms with Gasteiger partial charge >= 0.3 is 0 Å². The van der Waals surface area contributed by atoms with Gasteiger partial charge in [-0.1, -0.05) is 29.8 Å². The summed E-state index contributed by atoms with van der Waals surface area (Å²) in [6.07, 6.45) is 1.77. The van der Waals surface area contributed by atoms with Crippen LogP contribution in [0.2, 0.25) is 5.02 Å². The molecule has 0 fully saturated rings. The molecule has 0 saturated carbocycles. The fraction of sp³-hybridized carbons (Fsp3) is 0.125. The van der Waals surface area contributed by atoms with Gasteiger partial charge in [-0.25, -0.2) is 0 Å². The Morgan fingerprint density at radius 3 is 2.86 bits per heavy atom. The first-order valence-electron chi connectivity index (χ1n) is 6.60. The van der Waals surface area contributed by atoms with Crippen LogP contribution in [-0.2, 0) is 6.54 Å². The van der Waals surface area contributed by atoms with Crippen LogP contribution >= 0.6 is 11.6 Å². The van der Waals surface area contributed by atoms with Gasteiger partial charge in [0.05, 0.1) is 17.4 Å². The molecule has 0 spiro atoms. The van der Waals surface area contributed by atoms with Crippen LogP contribution in [0.5, 0.6) is 0 Å².